The minimum Gasteiger partial charge on any atom is -0.370 e. The second-order valence-electron chi connectivity index (χ2n) is 6.91. The van der Waals surface area contributed by atoms with Gasteiger partial charge in [-0.25, -0.2) is 0 Å². The molecule has 0 radical (unpaired) electrons. The van der Waals surface area contributed by atoms with E-state index in [1.54, 1.807) is 0 Å². The Hall–Kier alpha value is -1.64. The normalized spacial score (nSPS) is 20.0. The molecule has 1 heterocycles. The van der Waals surface area contributed by atoms with Gasteiger partial charge in [0.2, 0.25) is 0 Å². The van der Waals surface area contributed by atoms with Crippen molar-refractivity contribution < 1.29 is 26.3 Å². The summed E-state index contributed by atoms with van der Waals surface area (Å²) in [7, 11) is 0. The summed E-state index contributed by atoms with van der Waals surface area (Å²) in [5.41, 5.74) is -3.12. The molecular weight excluding hydrogens is 441 g/mol. The Morgan fingerprint density at radius 1 is 0.931 bits per heavy atom. The van der Waals surface area contributed by atoms with E-state index < -0.39 is 29.9 Å². The maximum atomic E-state index is 14.1. The van der Waals surface area contributed by atoms with Crippen molar-refractivity contribution in [2.24, 2.45) is 0 Å². The Balaban J connectivity index is 0.00000300. The fourth-order valence-electron chi connectivity index (χ4n) is 3.60. The van der Waals surface area contributed by atoms with Crippen molar-refractivity contribution in [3.63, 3.8) is 0 Å². The Morgan fingerprint density at radius 3 is 2.03 bits per heavy atom. The Bertz CT molecular complexity index is 877. The molecule has 2 aromatic carbocycles. The Kier molecular flexibility index (Phi) is 6.43. The van der Waals surface area contributed by atoms with Crippen LogP contribution in [-0.4, -0.2) is 19.3 Å². The van der Waals surface area contributed by atoms with Crippen LogP contribution in [0.2, 0.25) is 10.0 Å². The van der Waals surface area contributed by atoms with E-state index in [0.29, 0.717) is 0 Å². The molecule has 1 unspecified atom stereocenters. The van der Waals surface area contributed by atoms with Crippen molar-refractivity contribution >= 4 is 28.9 Å². The maximum absolute atomic E-state index is 14.1. The lowest BCUT2D eigenvalue weighted by Crippen LogP contribution is -2.44. The third kappa shape index (κ3) is 4.44. The molecule has 0 saturated carbocycles. The number of alkyl halides is 6. The Labute approximate surface area is 174 Å². The van der Waals surface area contributed by atoms with Crippen LogP contribution in [0.15, 0.2) is 36.4 Å². The highest BCUT2D eigenvalue weighted by Gasteiger charge is 2.59. The highest BCUT2D eigenvalue weighted by Crippen LogP contribution is 2.49. The number of rotatable bonds is 2. The number of anilines is 1. The first-order chi connectivity index (χ1) is 12.8. The first-order valence-electron chi connectivity index (χ1n) is 8.30. The van der Waals surface area contributed by atoms with Gasteiger partial charge in [0, 0.05) is 28.8 Å². The molecule has 3 N–H and O–H groups in total. The molecule has 0 aromatic heterocycles. The van der Waals surface area contributed by atoms with Gasteiger partial charge in [0.05, 0.1) is 5.56 Å². The van der Waals surface area contributed by atoms with Crippen molar-refractivity contribution in [2.75, 3.05) is 18.0 Å². The summed E-state index contributed by atoms with van der Waals surface area (Å²) in [5.74, 6) is 0. The summed E-state index contributed by atoms with van der Waals surface area (Å²) in [6.45, 7) is 0.738. The zero-order valence-corrected chi connectivity index (χ0v) is 16.8. The molecule has 2 aromatic rings. The summed E-state index contributed by atoms with van der Waals surface area (Å²) in [4.78, 5) is 1.32. The molecule has 0 bridgehead atoms. The number of hydrogen-bond acceptors (Lipinski definition) is 2. The van der Waals surface area contributed by atoms with E-state index >= 15 is 0 Å². The molecule has 29 heavy (non-hydrogen) atoms. The van der Waals surface area contributed by atoms with Gasteiger partial charge >= 0.3 is 12.4 Å². The second kappa shape index (κ2) is 7.89. The molecule has 1 aliphatic rings. The lowest BCUT2D eigenvalue weighted by Gasteiger charge is -2.33. The average Bonchev–Trinajstić information content (AvgIpc) is 2.99. The van der Waals surface area contributed by atoms with Gasteiger partial charge in [-0.1, -0.05) is 29.3 Å². The topological polar surface area (TPSA) is 38.2 Å². The van der Waals surface area contributed by atoms with E-state index in [2.05, 4.69) is 0 Å². The van der Waals surface area contributed by atoms with Crippen molar-refractivity contribution in [3.8, 4) is 0 Å². The minimum absolute atomic E-state index is 0. The molecule has 1 fully saturated rings. The van der Waals surface area contributed by atoms with Crippen molar-refractivity contribution in [3.05, 3.63) is 63.1 Å². The summed E-state index contributed by atoms with van der Waals surface area (Å²) < 4.78 is 81.8. The fraction of sp³-hybridized carbons (Fsp3) is 0.368. The van der Waals surface area contributed by atoms with Gasteiger partial charge in [-0.3, -0.25) is 0 Å². The first-order valence-corrected chi connectivity index (χ1v) is 9.05. The molecule has 0 amide bonds. The van der Waals surface area contributed by atoms with Crippen LogP contribution in [0.4, 0.5) is 32.0 Å². The molecular formula is C19H18Cl2F6N2. The number of benzene rings is 2. The van der Waals surface area contributed by atoms with Crippen LogP contribution in [0.1, 0.15) is 23.1 Å². The maximum Gasteiger partial charge on any atom is 0.416 e. The van der Waals surface area contributed by atoms with E-state index in [1.165, 1.54) is 42.2 Å². The molecule has 1 aliphatic heterocycles. The molecule has 1 saturated heterocycles. The summed E-state index contributed by atoms with van der Waals surface area (Å²) in [6.07, 6.45) is -9.53. The smallest absolute Gasteiger partial charge is 0.370 e. The predicted octanol–water partition coefficient (Wildman–Crippen LogP) is 7.19. The largest absolute Gasteiger partial charge is 0.416 e. The van der Waals surface area contributed by atoms with Crippen LogP contribution in [0, 0.1) is 6.92 Å². The fourth-order valence-corrected chi connectivity index (χ4v) is 4.13. The molecule has 0 aliphatic carbocycles. The molecule has 0 spiro atoms. The highest BCUT2D eigenvalue weighted by molar-refractivity contribution is 6.34. The monoisotopic (exact) mass is 458 g/mol. The van der Waals surface area contributed by atoms with Crippen LogP contribution in [0.25, 0.3) is 0 Å². The zero-order valence-electron chi connectivity index (χ0n) is 15.3. The molecule has 10 heteroatoms. The van der Waals surface area contributed by atoms with E-state index in [9.17, 15) is 26.3 Å². The van der Waals surface area contributed by atoms with E-state index in [1.807, 2.05) is 0 Å². The van der Waals surface area contributed by atoms with Gasteiger partial charge in [-0.05, 0) is 54.8 Å². The number of halogens is 8. The van der Waals surface area contributed by atoms with Gasteiger partial charge in [-0.2, -0.15) is 26.3 Å². The predicted molar refractivity (Wildman–Crippen MR) is 102 cm³/mol. The second-order valence-corrected chi connectivity index (χ2v) is 7.78. The lowest BCUT2D eigenvalue weighted by molar-refractivity contribution is -0.184. The van der Waals surface area contributed by atoms with Gasteiger partial charge < -0.3 is 11.1 Å². The van der Waals surface area contributed by atoms with Crippen molar-refractivity contribution in [1.82, 2.24) is 6.15 Å². The first kappa shape index (κ1) is 23.6. The van der Waals surface area contributed by atoms with Crippen molar-refractivity contribution in [1.29, 1.82) is 0 Å². The van der Waals surface area contributed by atoms with Crippen LogP contribution >= 0.6 is 23.2 Å². The molecule has 160 valence electrons. The van der Waals surface area contributed by atoms with Gasteiger partial charge in [-0.15, -0.1) is 0 Å². The third-order valence-corrected chi connectivity index (χ3v) is 5.56. The highest BCUT2D eigenvalue weighted by atomic mass is 35.5. The quantitative estimate of drug-likeness (QED) is 0.483. The van der Waals surface area contributed by atoms with Crippen LogP contribution in [-0.2, 0) is 11.6 Å². The standard InChI is InChI=1S/C19H15Cl2F6N.H3N/c1-11-2-3-15(9-16(11)18(22,23)24)28-5-4-17(10-28,19(25,26)27)12-6-13(20)8-14(21)7-12;/h2-3,6-9H,4-5,10H2,1H3;1H3. The lowest BCUT2D eigenvalue weighted by atomic mass is 9.79. The molecule has 3 rings (SSSR count). The summed E-state index contributed by atoms with van der Waals surface area (Å²) in [6, 6.07) is 7.32. The Morgan fingerprint density at radius 2 is 1.52 bits per heavy atom. The SMILES string of the molecule is Cc1ccc(N2CCC(c3cc(Cl)cc(Cl)c3)(C(F)(F)F)C2)cc1C(F)(F)F.N. The minimum atomic E-state index is -4.63. The van der Waals surface area contributed by atoms with Gasteiger partial charge in [0.15, 0.2) is 0 Å². The number of aryl methyl sites for hydroxylation is 1. The van der Waals surface area contributed by atoms with Gasteiger partial charge in [0.1, 0.15) is 5.41 Å². The average molecular weight is 459 g/mol. The van der Waals surface area contributed by atoms with Crippen LogP contribution < -0.4 is 11.1 Å². The van der Waals surface area contributed by atoms with E-state index in [-0.39, 0.29) is 46.0 Å². The van der Waals surface area contributed by atoms with E-state index in [0.717, 1.165) is 6.07 Å². The van der Waals surface area contributed by atoms with Crippen molar-refractivity contribution in [2.45, 2.75) is 31.1 Å². The molecule has 2 nitrogen and oxygen atoms in total. The molecule has 1 atom stereocenters. The van der Waals surface area contributed by atoms with Crippen LogP contribution in [0.3, 0.4) is 0 Å². The summed E-state index contributed by atoms with van der Waals surface area (Å²) in [5, 5.41) is 0.138. The third-order valence-electron chi connectivity index (χ3n) is 5.12. The van der Waals surface area contributed by atoms with Crippen LogP contribution in [0.5, 0.6) is 0 Å². The van der Waals surface area contributed by atoms with E-state index in [4.69, 9.17) is 23.2 Å². The number of nitrogens with zero attached hydrogens (tertiary/aromatic N) is 1. The number of hydrogen-bond donors (Lipinski definition) is 1. The summed E-state index contributed by atoms with van der Waals surface area (Å²) >= 11 is 11.8. The zero-order chi connectivity index (χ0) is 20.9. The van der Waals surface area contributed by atoms with Gasteiger partial charge in [0.25, 0.3) is 0 Å².